The number of unbranched alkanes of at least 4 members (excludes halogenated alkanes) is 4. The first-order chi connectivity index (χ1) is 11.1. The van der Waals surface area contributed by atoms with E-state index < -0.39 is 5.54 Å². The SMILES string of the molecule is C=CC[C@](N)(CO)CCc1ccc(OCCCCCCC)cc1. The number of nitrogens with two attached hydrogens (primary N) is 1. The van der Waals surface area contributed by atoms with E-state index >= 15 is 0 Å². The molecule has 1 rings (SSSR count). The van der Waals surface area contributed by atoms with E-state index in [4.69, 9.17) is 10.5 Å². The topological polar surface area (TPSA) is 55.5 Å². The maximum Gasteiger partial charge on any atom is 0.119 e. The maximum absolute atomic E-state index is 9.42. The molecule has 1 aromatic rings. The summed E-state index contributed by atoms with van der Waals surface area (Å²) in [4.78, 5) is 0. The second-order valence-corrected chi connectivity index (χ2v) is 6.42. The van der Waals surface area contributed by atoms with E-state index in [0.29, 0.717) is 6.42 Å². The van der Waals surface area contributed by atoms with Crippen molar-refractivity contribution in [1.82, 2.24) is 0 Å². The van der Waals surface area contributed by atoms with Crippen molar-refractivity contribution in [3.8, 4) is 5.75 Å². The van der Waals surface area contributed by atoms with Crippen LogP contribution in [-0.2, 0) is 6.42 Å². The van der Waals surface area contributed by atoms with Crippen LogP contribution in [0.1, 0.15) is 57.4 Å². The van der Waals surface area contributed by atoms with Gasteiger partial charge < -0.3 is 15.6 Å². The monoisotopic (exact) mass is 319 g/mol. The van der Waals surface area contributed by atoms with Gasteiger partial charge in [0, 0.05) is 5.54 Å². The Morgan fingerprint density at radius 2 is 1.87 bits per heavy atom. The molecular weight excluding hydrogens is 286 g/mol. The Morgan fingerprint density at radius 1 is 1.17 bits per heavy atom. The zero-order valence-electron chi connectivity index (χ0n) is 14.6. The number of aliphatic hydroxyl groups excluding tert-OH is 1. The molecule has 0 aliphatic heterocycles. The predicted octanol–water partition coefficient (Wildman–Crippen LogP) is 4.23. The standard InChI is InChI=1S/C20H33NO2/c1-3-5-6-7-8-16-23-19-11-9-18(10-12-19)13-15-20(21,17-22)14-4-2/h4,9-12,22H,2-3,5-8,13-17,21H2,1H3/t20-/m1/s1. The van der Waals surface area contributed by atoms with Crippen molar-refractivity contribution in [3.63, 3.8) is 0 Å². The number of hydrogen-bond acceptors (Lipinski definition) is 3. The van der Waals surface area contributed by atoms with Crippen molar-refractivity contribution in [2.45, 2.75) is 63.8 Å². The first-order valence-electron chi connectivity index (χ1n) is 8.86. The largest absolute Gasteiger partial charge is 0.494 e. The summed E-state index contributed by atoms with van der Waals surface area (Å²) in [5.41, 5.74) is 6.81. The minimum Gasteiger partial charge on any atom is -0.494 e. The van der Waals surface area contributed by atoms with Crippen LogP contribution in [0.4, 0.5) is 0 Å². The number of ether oxygens (including phenoxy) is 1. The van der Waals surface area contributed by atoms with E-state index in [9.17, 15) is 5.11 Å². The Labute approximate surface area is 141 Å². The molecule has 0 fully saturated rings. The number of hydrogen-bond donors (Lipinski definition) is 2. The van der Waals surface area contributed by atoms with Gasteiger partial charge in [-0.2, -0.15) is 0 Å². The Bertz CT molecular complexity index is 430. The Hall–Kier alpha value is -1.32. The molecule has 0 saturated carbocycles. The van der Waals surface area contributed by atoms with E-state index in [1.165, 1.54) is 31.2 Å². The molecule has 0 amide bonds. The summed E-state index contributed by atoms with van der Waals surface area (Å²) < 4.78 is 5.77. The minimum absolute atomic E-state index is 0.0156. The Kier molecular flexibility index (Phi) is 9.65. The van der Waals surface area contributed by atoms with Crippen molar-refractivity contribution in [2.24, 2.45) is 5.73 Å². The van der Waals surface area contributed by atoms with Gasteiger partial charge in [-0.15, -0.1) is 6.58 Å². The van der Waals surface area contributed by atoms with Gasteiger partial charge in [-0.3, -0.25) is 0 Å². The molecule has 0 aliphatic rings. The summed E-state index contributed by atoms with van der Waals surface area (Å²) in [5, 5.41) is 9.42. The minimum atomic E-state index is -0.560. The Morgan fingerprint density at radius 3 is 2.48 bits per heavy atom. The number of aliphatic hydroxyl groups is 1. The van der Waals surface area contributed by atoms with Crippen LogP contribution in [0.15, 0.2) is 36.9 Å². The van der Waals surface area contributed by atoms with Crippen LogP contribution in [0, 0.1) is 0 Å². The fourth-order valence-electron chi connectivity index (χ4n) is 2.57. The summed E-state index contributed by atoms with van der Waals surface area (Å²) >= 11 is 0. The molecule has 0 radical (unpaired) electrons. The van der Waals surface area contributed by atoms with Crippen LogP contribution < -0.4 is 10.5 Å². The predicted molar refractivity (Wildman–Crippen MR) is 97.8 cm³/mol. The summed E-state index contributed by atoms with van der Waals surface area (Å²) in [6.07, 6.45) is 10.2. The van der Waals surface area contributed by atoms with Gasteiger partial charge in [0.15, 0.2) is 0 Å². The molecule has 0 spiro atoms. The third-order valence-electron chi connectivity index (χ3n) is 4.22. The van der Waals surface area contributed by atoms with E-state index in [0.717, 1.165) is 31.6 Å². The van der Waals surface area contributed by atoms with Gasteiger partial charge in [-0.05, 0) is 43.4 Å². The molecule has 0 unspecified atom stereocenters. The fourth-order valence-corrected chi connectivity index (χ4v) is 2.57. The summed E-state index contributed by atoms with van der Waals surface area (Å²) in [5.74, 6) is 0.927. The van der Waals surface area contributed by atoms with Crippen molar-refractivity contribution in [3.05, 3.63) is 42.5 Å². The first-order valence-corrected chi connectivity index (χ1v) is 8.86. The quantitative estimate of drug-likeness (QED) is 0.422. The lowest BCUT2D eigenvalue weighted by Crippen LogP contribution is -2.43. The van der Waals surface area contributed by atoms with Crippen molar-refractivity contribution in [2.75, 3.05) is 13.2 Å². The maximum atomic E-state index is 9.42. The highest BCUT2D eigenvalue weighted by Gasteiger charge is 2.21. The van der Waals surface area contributed by atoms with Gasteiger partial charge in [-0.1, -0.05) is 50.8 Å². The van der Waals surface area contributed by atoms with Crippen LogP contribution in [0.5, 0.6) is 5.75 Å². The highest BCUT2D eigenvalue weighted by Crippen LogP contribution is 2.18. The van der Waals surface area contributed by atoms with Gasteiger partial charge in [0.05, 0.1) is 13.2 Å². The van der Waals surface area contributed by atoms with Crippen LogP contribution >= 0.6 is 0 Å². The molecule has 0 aliphatic carbocycles. The lowest BCUT2D eigenvalue weighted by atomic mass is 9.90. The van der Waals surface area contributed by atoms with Crippen molar-refractivity contribution in [1.29, 1.82) is 0 Å². The molecule has 0 bridgehead atoms. The third-order valence-corrected chi connectivity index (χ3v) is 4.22. The van der Waals surface area contributed by atoms with E-state index in [1.54, 1.807) is 6.08 Å². The highest BCUT2D eigenvalue weighted by molar-refractivity contribution is 5.27. The van der Waals surface area contributed by atoms with Gasteiger partial charge in [0.25, 0.3) is 0 Å². The zero-order valence-corrected chi connectivity index (χ0v) is 14.6. The lowest BCUT2D eigenvalue weighted by Gasteiger charge is -2.25. The third kappa shape index (κ3) is 8.19. The van der Waals surface area contributed by atoms with Crippen LogP contribution in [0.2, 0.25) is 0 Å². The normalized spacial score (nSPS) is 13.5. The first kappa shape index (κ1) is 19.7. The van der Waals surface area contributed by atoms with E-state index in [2.05, 4.69) is 25.6 Å². The lowest BCUT2D eigenvalue weighted by molar-refractivity contribution is 0.188. The molecule has 23 heavy (non-hydrogen) atoms. The average Bonchev–Trinajstić information content (AvgIpc) is 2.57. The summed E-state index contributed by atoms with van der Waals surface area (Å²) in [6, 6.07) is 8.20. The number of aryl methyl sites for hydroxylation is 1. The second kappa shape index (κ2) is 11.3. The number of benzene rings is 1. The molecule has 0 aromatic heterocycles. The molecule has 3 heteroatoms. The highest BCUT2D eigenvalue weighted by atomic mass is 16.5. The zero-order chi connectivity index (χ0) is 17.0. The van der Waals surface area contributed by atoms with Gasteiger partial charge >= 0.3 is 0 Å². The summed E-state index contributed by atoms with van der Waals surface area (Å²) in [6.45, 7) is 6.71. The van der Waals surface area contributed by atoms with E-state index in [1.807, 2.05) is 12.1 Å². The second-order valence-electron chi connectivity index (χ2n) is 6.42. The number of rotatable bonds is 13. The molecule has 3 nitrogen and oxygen atoms in total. The molecular formula is C20H33NO2. The van der Waals surface area contributed by atoms with Gasteiger partial charge in [0.2, 0.25) is 0 Å². The molecule has 1 atom stereocenters. The molecule has 3 N–H and O–H groups in total. The molecule has 130 valence electrons. The van der Waals surface area contributed by atoms with Crippen molar-refractivity contribution >= 4 is 0 Å². The van der Waals surface area contributed by atoms with Crippen LogP contribution in [0.25, 0.3) is 0 Å². The van der Waals surface area contributed by atoms with E-state index in [-0.39, 0.29) is 6.61 Å². The van der Waals surface area contributed by atoms with Crippen LogP contribution in [-0.4, -0.2) is 23.9 Å². The fraction of sp³-hybridized carbons (Fsp3) is 0.600. The molecule has 1 aromatic carbocycles. The van der Waals surface area contributed by atoms with Crippen LogP contribution in [0.3, 0.4) is 0 Å². The molecule has 0 heterocycles. The molecule has 0 saturated heterocycles. The Balaban J connectivity index is 2.31. The van der Waals surface area contributed by atoms with Gasteiger partial charge in [-0.25, -0.2) is 0 Å². The summed E-state index contributed by atoms with van der Waals surface area (Å²) in [7, 11) is 0. The van der Waals surface area contributed by atoms with Gasteiger partial charge in [0.1, 0.15) is 5.75 Å². The van der Waals surface area contributed by atoms with Crippen molar-refractivity contribution < 1.29 is 9.84 Å². The average molecular weight is 319 g/mol. The smallest absolute Gasteiger partial charge is 0.119 e.